The lowest BCUT2D eigenvalue weighted by atomic mass is 9.78. The van der Waals surface area contributed by atoms with Crippen LogP contribution in [0, 0.1) is 0 Å². The van der Waals surface area contributed by atoms with E-state index in [4.69, 9.17) is 0 Å². The van der Waals surface area contributed by atoms with E-state index < -0.39 is 0 Å². The highest BCUT2D eigenvalue weighted by Gasteiger charge is 2.41. The van der Waals surface area contributed by atoms with Gasteiger partial charge in [-0.05, 0) is 18.4 Å². The number of carbonyl (C=O) groups excluding carboxylic acids is 1. The zero-order chi connectivity index (χ0) is 10.7. The molecule has 1 aromatic rings. The molecule has 1 aliphatic rings. The lowest BCUT2D eigenvalue weighted by Gasteiger charge is -2.27. The Labute approximate surface area is 90.7 Å². The highest BCUT2D eigenvalue weighted by Crippen LogP contribution is 2.41. The molecule has 1 fully saturated rings. The molecule has 2 heteroatoms. The van der Waals surface area contributed by atoms with Gasteiger partial charge >= 0.3 is 0 Å². The Morgan fingerprint density at radius 3 is 2.33 bits per heavy atom. The maximum Gasteiger partial charge on any atom is 0.230 e. The summed E-state index contributed by atoms with van der Waals surface area (Å²) >= 11 is 0. The van der Waals surface area contributed by atoms with Crippen molar-refractivity contribution >= 4 is 5.91 Å². The Morgan fingerprint density at radius 1 is 1.20 bits per heavy atom. The van der Waals surface area contributed by atoms with Gasteiger partial charge in [-0.3, -0.25) is 4.79 Å². The van der Waals surface area contributed by atoms with Crippen LogP contribution in [0.25, 0.3) is 0 Å². The lowest BCUT2D eigenvalue weighted by Crippen LogP contribution is -2.40. The molecule has 2 rings (SSSR count). The number of rotatable bonds is 2. The fourth-order valence-electron chi connectivity index (χ4n) is 2.62. The summed E-state index contributed by atoms with van der Waals surface area (Å²) in [6.07, 6.45) is 4.28. The molecule has 0 spiro atoms. The van der Waals surface area contributed by atoms with E-state index >= 15 is 0 Å². The van der Waals surface area contributed by atoms with E-state index in [9.17, 15) is 4.79 Å². The molecule has 0 radical (unpaired) electrons. The standard InChI is InChI=1S/C13H17NO/c1-14-12(15)13(9-5-6-10-13)11-7-3-2-4-8-11/h2-4,7-8H,5-6,9-10H2,1H3,(H,14,15). The summed E-state index contributed by atoms with van der Waals surface area (Å²) in [7, 11) is 1.73. The Bertz CT molecular complexity index is 339. The van der Waals surface area contributed by atoms with E-state index in [2.05, 4.69) is 17.4 Å². The maximum absolute atomic E-state index is 12.0. The first-order chi connectivity index (χ1) is 7.29. The van der Waals surface area contributed by atoms with Gasteiger partial charge in [0.25, 0.3) is 0 Å². The van der Waals surface area contributed by atoms with Gasteiger partial charge in [0.15, 0.2) is 0 Å². The molecule has 0 saturated heterocycles. The molecule has 0 bridgehead atoms. The third-order valence-corrected chi connectivity index (χ3v) is 3.45. The molecular formula is C13H17NO. The maximum atomic E-state index is 12.0. The largest absolute Gasteiger partial charge is 0.358 e. The zero-order valence-corrected chi connectivity index (χ0v) is 9.12. The van der Waals surface area contributed by atoms with Gasteiger partial charge < -0.3 is 5.32 Å². The van der Waals surface area contributed by atoms with Gasteiger partial charge in [0.1, 0.15) is 0 Å². The van der Waals surface area contributed by atoms with Gasteiger partial charge in [-0.1, -0.05) is 43.2 Å². The van der Waals surface area contributed by atoms with Crippen molar-refractivity contribution in [2.45, 2.75) is 31.1 Å². The Kier molecular flexibility index (Phi) is 2.76. The Morgan fingerprint density at radius 2 is 1.80 bits per heavy atom. The van der Waals surface area contributed by atoms with Gasteiger partial charge in [-0.15, -0.1) is 0 Å². The zero-order valence-electron chi connectivity index (χ0n) is 9.12. The number of hydrogen-bond donors (Lipinski definition) is 1. The second-order valence-corrected chi connectivity index (χ2v) is 4.23. The first-order valence-electron chi connectivity index (χ1n) is 5.57. The monoisotopic (exact) mass is 203 g/mol. The Balaban J connectivity index is 2.39. The summed E-state index contributed by atoms with van der Waals surface area (Å²) in [4.78, 5) is 12.0. The van der Waals surface area contributed by atoms with Gasteiger partial charge in [-0.25, -0.2) is 0 Å². The average Bonchev–Trinajstić information content (AvgIpc) is 2.79. The van der Waals surface area contributed by atoms with E-state index in [-0.39, 0.29) is 11.3 Å². The number of nitrogens with one attached hydrogen (secondary N) is 1. The Hall–Kier alpha value is -1.31. The molecule has 1 N–H and O–H groups in total. The van der Waals surface area contributed by atoms with Crippen molar-refractivity contribution < 1.29 is 4.79 Å². The van der Waals surface area contributed by atoms with Crippen LogP contribution in [-0.2, 0) is 10.2 Å². The molecule has 0 aromatic heterocycles. The van der Waals surface area contributed by atoms with Crippen LogP contribution in [0.2, 0.25) is 0 Å². The molecule has 0 unspecified atom stereocenters. The minimum Gasteiger partial charge on any atom is -0.358 e. The number of benzene rings is 1. The first-order valence-corrected chi connectivity index (χ1v) is 5.57. The molecule has 1 saturated carbocycles. The quantitative estimate of drug-likeness (QED) is 0.784. The van der Waals surface area contributed by atoms with Crippen LogP contribution in [0.5, 0.6) is 0 Å². The lowest BCUT2D eigenvalue weighted by molar-refractivity contribution is -0.126. The number of likely N-dealkylation sites (N-methyl/N-ethyl adjacent to an activating group) is 1. The molecule has 80 valence electrons. The van der Waals surface area contributed by atoms with E-state index in [1.807, 2.05) is 18.2 Å². The van der Waals surface area contributed by atoms with Crippen LogP contribution in [0.4, 0.5) is 0 Å². The van der Waals surface area contributed by atoms with Crippen LogP contribution in [-0.4, -0.2) is 13.0 Å². The van der Waals surface area contributed by atoms with E-state index in [0.29, 0.717) is 0 Å². The fourth-order valence-corrected chi connectivity index (χ4v) is 2.62. The highest BCUT2D eigenvalue weighted by molar-refractivity contribution is 5.88. The minimum absolute atomic E-state index is 0.172. The van der Waals surface area contributed by atoms with Crippen molar-refractivity contribution in [3.05, 3.63) is 35.9 Å². The van der Waals surface area contributed by atoms with Gasteiger partial charge in [0.2, 0.25) is 5.91 Å². The van der Waals surface area contributed by atoms with Crippen molar-refractivity contribution in [3.8, 4) is 0 Å². The van der Waals surface area contributed by atoms with Crippen LogP contribution in [0.15, 0.2) is 30.3 Å². The summed E-state index contributed by atoms with van der Waals surface area (Å²) in [5.41, 5.74) is 0.914. The van der Waals surface area contributed by atoms with Crippen LogP contribution >= 0.6 is 0 Å². The van der Waals surface area contributed by atoms with Crippen molar-refractivity contribution in [2.24, 2.45) is 0 Å². The molecule has 1 amide bonds. The summed E-state index contributed by atoms with van der Waals surface area (Å²) in [5.74, 6) is 0.172. The SMILES string of the molecule is CNC(=O)C1(c2ccccc2)CCCC1. The smallest absolute Gasteiger partial charge is 0.230 e. The third-order valence-electron chi connectivity index (χ3n) is 3.45. The van der Waals surface area contributed by atoms with Crippen molar-refractivity contribution in [1.82, 2.24) is 5.32 Å². The van der Waals surface area contributed by atoms with Crippen molar-refractivity contribution in [2.75, 3.05) is 7.05 Å². The molecule has 0 aliphatic heterocycles. The normalized spacial score (nSPS) is 18.7. The fraction of sp³-hybridized carbons (Fsp3) is 0.462. The summed E-state index contributed by atoms with van der Waals surface area (Å²) < 4.78 is 0. The number of hydrogen-bond acceptors (Lipinski definition) is 1. The first kappa shape index (κ1) is 10.2. The van der Waals surface area contributed by atoms with Gasteiger partial charge in [-0.2, -0.15) is 0 Å². The van der Waals surface area contributed by atoms with Crippen LogP contribution in [0.3, 0.4) is 0 Å². The minimum atomic E-state index is -0.254. The predicted molar refractivity (Wildman–Crippen MR) is 60.7 cm³/mol. The van der Waals surface area contributed by atoms with E-state index in [1.165, 1.54) is 5.56 Å². The van der Waals surface area contributed by atoms with E-state index in [1.54, 1.807) is 7.05 Å². The van der Waals surface area contributed by atoms with Gasteiger partial charge in [0.05, 0.1) is 5.41 Å². The molecular weight excluding hydrogens is 186 g/mol. The molecule has 1 aromatic carbocycles. The third kappa shape index (κ3) is 1.65. The topological polar surface area (TPSA) is 29.1 Å². The number of carbonyl (C=O) groups is 1. The molecule has 0 heterocycles. The predicted octanol–water partition coefficient (Wildman–Crippen LogP) is 2.24. The van der Waals surface area contributed by atoms with Gasteiger partial charge in [0, 0.05) is 7.05 Å². The summed E-state index contributed by atoms with van der Waals surface area (Å²) in [6.45, 7) is 0. The molecule has 1 aliphatic carbocycles. The van der Waals surface area contributed by atoms with E-state index in [0.717, 1.165) is 25.7 Å². The van der Waals surface area contributed by atoms with Crippen LogP contribution < -0.4 is 5.32 Å². The molecule has 15 heavy (non-hydrogen) atoms. The summed E-state index contributed by atoms with van der Waals surface area (Å²) in [6, 6.07) is 10.2. The average molecular weight is 203 g/mol. The number of amides is 1. The molecule has 0 atom stereocenters. The van der Waals surface area contributed by atoms with Crippen LogP contribution in [0.1, 0.15) is 31.2 Å². The highest BCUT2D eigenvalue weighted by atomic mass is 16.2. The second kappa shape index (κ2) is 4.05. The second-order valence-electron chi connectivity index (χ2n) is 4.23. The summed E-state index contributed by atoms with van der Waals surface area (Å²) in [5, 5.41) is 2.81. The molecule has 2 nitrogen and oxygen atoms in total. The van der Waals surface area contributed by atoms with Crippen molar-refractivity contribution in [1.29, 1.82) is 0 Å². The van der Waals surface area contributed by atoms with Crippen molar-refractivity contribution in [3.63, 3.8) is 0 Å².